The molecule has 90 valence electrons. The molecular formula is C13H14ClNO2. The maximum absolute atomic E-state index is 11.8. The fourth-order valence-corrected chi connectivity index (χ4v) is 2.15. The van der Waals surface area contributed by atoms with Crippen molar-refractivity contribution in [1.82, 2.24) is 4.90 Å². The van der Waals surface area contributed by atoms with Crippen LogP contribution in [0.5, 0.6) is 0 Å². The van der Waals surface area contributed by atoms with E-state index in [9.17, 15) is 9.59 Å². The highest BCUT2D eigenvalue weighted by Crippen LogP contribution is 2.15. The molecule has 1 fully saturated rings. The van der Waals surface area contributed by atoms with Crippen LogP contribution in [0.15, 0.2) is 24.3 Å². The van der Waals surface area contributed by atoms with Crippen molar-refractivity contribution in [3.05, 3.63) is 34.9 Å². The van der Waals surface area contributed by atoms with Gasteiger partial charge in [-0.15, -0.1) is 0 Å². The van der Waals surface area contributed by atoms with Gasteiger partial charge in [0.05, 0.1) is 0 Å². The standard InChI is InChI=1S/C13H14ClNO2/c14-11-3-1-2-10(8-11)9-15-7-6-12(16)4-5-13(15)17/h1-3,8H,4-7,9H2. The molecular weight excluding hydrogens is 238 g/mol. The molecule has 1 heterocycles. The summed E-state index contributed by atoms with van der Waals surface area (Å²) in [6.07, 6.45) is 1.18. The van der Waals surface area contributed by atoms with Crippen LogP contribution in [0.2, 0.25) is 5.02 Å². The summed E-state index contributed by atoms with van der Waals surface area (Å²) in [6.45, 7) is 1.05. The van der Waals surface area contributed by atoms with Crippen molar-refractivity contribution in [1.29, 1.82) is 0 Å². The smallest absolute Gasteiger partial charge is 0.223 e. The number of nitrogens with zero attached hydrogens (tertiary/aromatic N) is 1. The molecule has 0 aliphatic carbocycles. The number of Topliss-reactive ketones (excluding diaryl/α,β-unsaturated/α-hetero) is 1. The van der Waals surface area contributed by atoms with Gasteiger partial charge in [0.1, 0.15) is 5.78 Å². The lowest BCUT2D eigenvalue weighted by molar-refractivity contribution is -0.131. The molecule has 0 unspecified atom stereocenters. The first-order chi connectivity index (χ1) is 8.15. The van der Waals surface area contributed by atoms with Crippen LogP contribution in [0.3, 0.4) is 0 Å². The lowest BCUT2D eigenvalue weighted by Gasteiger charge is -2.20. The number of likely N-dealkylation sites (tertiary alicyclic amines) is 1. The largest absolute Gasteiger partial charge is 0.338 e. The van der Waals surface area contributed by atoms with Crippen molar-refractivity contribution < 1.29 is 9.59 Å². The predicted molar refractivity (Wildman–Crippen MR) is 65.7 cm³/mol. The monoisotopic (exact) mass is 251 g/mol. The zero-order chi connectivity index (χ0) is 12.3. The number of carbonyl (C=O) groups excluding carboxylic acids is 2. The minimum Gasteiger partial charge on any atom is -0.338 e. The van der Waals surface area contributed by atoms with E-state index in [1.165, 1.54) is 0 Å². The number of hydrogen-bond donors (Lipinski definition) is 0. The Balaban J connectivity index is 2.07. The second kappa shape index (κ2) is 5.32. The summed E-state index contributed by atoms with van der Waals surface area (Å²) in [4.78, 5) is 24.8. The predicted octanol–water partition coefficient (Wildman–Crippen LogP) is 2.42. The van der Waals surface area contributed by atoms with E-state index in [4.69, 9.17) is 11.6 Å². The van der Waals surface area contributed by atoms with Crippen LogP contribution in [0.25, 0.3) is 0 Å². The Morgan fingerprint density at radius 1 is 1.18 bits per heavy atom. The number of hydrogen-bond acceptors (Lipinski definition) is 2. The van der Waals surface area contributed by atoms with Crippen molar-refractivity contribution in [3.8, 4) is 0 Å². The van der Waals surface area contributed by atoms with Crippen molar-refractivity contribution in [2.75, 3.05) is 6.54 Å². The zero-order valence-electron chi connectivity index (χ0n) is 9.49. The van der Waals surface area contributed by atoms with Gasteiger partial charge in [0.2, 0.25) is 5.91 Å². The Kier molecular flexibility index (Phi) is 3.79. The van der Waals surface area contributed by atoms with Crippen LogP contribution in [0.1, 0.15) is 24.8 Å². The summed E-state index contributed by atoms with van der Waals surface area (Å²) >= 11 is 5.90. The van der Waals surface area contributed by atoms with Gasteiger partial charge in [0, 0.05) is 37.4 Å². The van der Waals surface area contributed by atoms with E-state index in [2.05, 4.69) is 0 Å². The minimum atomic E-state index is 0.0517. The Labute approximate surface area is 105 Å². The topological polar surface area (TPSA) is 37.4 Å². The highest BCUT2D eigenvalue weighted by atomic mass is 35.5. The van der Waals surface area contributed by atoms with Crippen LogP contribution in [-0.4, -0.2) is 23.1 Å². The van der Waals surface area contributed by atoms with Gasteiger partial charge >= 0.3 is 0 Å². The van der Waals surface area contributed by atoms with Crippen LogP contribution in [0, 0.1) is 0 Å². The molecule has 0 aromatic heterocycles. The number of ketones is 1. The highest BCUT2D eigenvalue weighted by molar-refractivity contribution is 6.30. The van der Waals surface area contributed by atoms with Crippen LogP contribution < -0.4 is 0 Å². The summed E-state index contributed by atoms with van der Waals surface area (Å²) in [6, 6.07) is 7.46. The third kappa shape index (κ3) is 3.30. The maximum Gasteiger partial charge on any atom is 0.223 e. The molecule has 1 aromatic carbocycles. The molecule has 1 saturated heterocycles. The van der Waals surface area contributed by atoms with Crippen LogP contribution >= 0.6 is 11.6 Å². The molecule has 0 radical (unpaired) electrons. The molecule has 0 atom stereocenters. The van der Waals surface area contributed by atoms with Crippen molar-refractivity contribution in [2.24, 2.45) is 0 Å². The third-order valence-corrected chi connectivity index (χ3v) is 3.13. The summed E-state index contributed by atoms with van der Waals surface area (Å²) in [5, 5.41) is 0.667. The van der Waals surface area contributed by atoms with Gasteiger partial charge in [-0.1, -0.05) is 23.7 Å². The summed E-state index contributed by atoms with van der Waals surface area (Å²) in [7, 11) is 0. The van der Waals surface area contributed by atoms with Crippen LogP contribution in [0.4, 0.5) is 0 Å². The SMILES string of the molecule is O=C1CCC(=O)N(Cc2cccc(Cl)c2)CC1. The second-order valence-electron chi connectivity index (χ2n) is 4.23. The van der Waals surface area contributed by atoms with Crippen molar-refractivity contribution >= 4 is 23.3 Å². The summed E-state index contributed by atoms with van der Waals surface area (Å²) in [5.41, 5.74) is 1.00. The quantitative estimate of drug-likeness (QED) is 0.810. The summed E-state index contributed by atoms with van der Waals surface area (Å²) in [5.74, 6) is 0.225. The van der Waals surface area contributed by atoms with Gasteiger partial charge in [-0.25, -0.2) is 0 Å². The average Bonchev–Trinajstić information content (AvgIpc) is 2.45. The Bertz CT molecular complexity index is 445. The zero-order valence-corrected chi connectivity index (χ0v) is 10.2. The van der Waals surface area contributed by atoms with Gasteiger partial charge < -0.3 is 4.90 Å². The van der Waals surface area contributed by atoms with E-state index in [0.29, 0.717) is 37.4 Å². The van der Waals surface area contributed by atoms with Crippen LogP contribution in [-0.2, 0) is 16.1 Å². The molecule has 0 bridgehead atoms. The van der Waals surface area contributed by atoms with Crippen molar-refractivity contribution in [2.45, 2.75) is 25.8 Å². The normalized spacial score (nSPS) is 17.1. The fraction of sp³-hybridized carbons (Fsp3) is 0.385. The van der Waals surface area contributed by atoms with E-state index in [0.717, 1.165) is 5.56 Å². The molecule has 1 amide bonds. The number of amides is 1. The number of rotatable bonds is 2. The fourth-order valence-electron chi connectivity index (χ4n) is 1.94. The third-order valence-electron chi connectivity index (χ3n) is 2.89. The second-order valence-corrected chi connectivity index (χ2v) is 4.67. The number of carbonyl (C=O) groups is 2. The van der Waals surface area contributed by atoms with Gasteiger partial charge in [-0.3, -0.25) is 9.59 Å². The van der Waals surface area contributed by atoms with E-state index < -0.39 is 0 Å². The van der Waals surface area contributed by atoms with Crippen molar-refractivity contribution in [3.63, 3.8) is 0 Å². The van der Waals surface area contributed by atoms with E-state index in [1.807, 2.05) is 18.2 Å². The molecule has 17 heavy (non-hydrogen) atoms. The first kappa shape index (κ1) is 12.1. The Morgan fingerprint density at radius 2 is 2.00 bits per heavy atom. The molecule has 3 nitrogen and oxygen atoms in total. The maximum atomic E-state index is 11.8. The molecule has 0 N–H and O–H groups in total. The van der Waals surface area contributed by atoms with E-state index in [1.54, 1.807) is 11.0 Å². The lowest BCUT2D eigenvalue weighted by Crippen LogP contribution is -2.29. The lowest BCUT2D eigenvalue weighted by atomic mass is 10.2. The highest BCUT2D eigenvalue weighted by Gasteiger charge is 2.20. The summed E-state index contributed by atoms with van der Waals surface area (Å²) < 4.78 is 0. The minimum absolute atomic E-state index is 0.0517. The Hall–Kier alpha value is -1.35. The Morgan fingerprint density at radius 3 is 2.76 bits per heavy atom. The molecule has 1 aromatic rings. The first-order valence-electron chi connectivity index (χ1n) is 5.69. The molecule has 0 saturated carbocycles. The molecule has 2 rings (SSSR count). The van der Waals surface area contributed by atoms with E-state index in [-0.39, 0.29) is 11.7 Å². The van der Waals surface area contributed by atoms with Gasteiger partial charge in [-0.05, 0) is 17.7 Å². The van der Waals surface area contributed by atoms with Gasteiger partial charge in [-0.2, -0.15) is 0 Å². The molecule has 1 aliphatic rings. The first-order valence-corrected chi connectivity index (χ1v) is 6.07. The average molecular weight is 252 g/mol. The van der Waals surface area contributed by atoms with E-state index >= 15 is 0 Å². The number of halogens is 1. The van der Waals surface area contributed by atoms with Gasteiger partial charge in [0.15, 0.2) is 0 Å². The number of benzene rings is 1. The molecule has 0 spiro atoms. The molecule has 4 heteroatoms. The molecule has 1 aliphatic heterocycles. The van der Waals surface area contributed by atoms with Gasteiger partial charge in [0.25, 0.3) is 0 Å².